The number of aryl methyl sites for hydroxylation is 3. The van der Waals surface area contributed by atoms with Gasteiger partial charge in [0.2, 0.25) is 0 Å². The number of nitrogens with one attached hydrogen (secondary N) is 1. The second kappa shape index (κ2) is 7.45. The van der Waals surface area contributed by atoms with Crippen molar-refractivity contribution in [1.82, 2.24) is 15.5 Å². The Morgan fingerprint density at radius 2 is 1.97 bits per heavy atom. The van der Waals surface area contributed by atoms with Gasteiger partial charge in [-0.05, 0) is 52.2 Å². The third kappa shape index (κ3) is 3.80. The summed E-state index contributed by atoms with van der Waals surface area (Å²) < 4.78 is 50.2. The molecule has 2 unspecified atom stereocenters. The average molecular weight is 421 g/mol. The Morgan fingerprint density at radius 3 is 2.63 bits per heavy atom. The zero-order valence-electron chi connectivity index (χ0n) is 16.9. The van der Waals surface area contributed by atoms with Crippen molar-refractivity contribution < 1.29 is 26.9 Å². The first-order valence-electron chi connectivity index (χ1n) is 9.85. The Hall–Kier alpha value is -2.84. The highest BCUT2D eigenvalue weighted by atomic mass is 19.4. The van der Waals surface area contributed by atoms with Crippen LogP contribution in [0.25, 0.3) is 22.4 Å². The van der Waals surface area contributed by atoms with Crippen LogP contribution in [0.3, 0.4) is 0 Å². The Morgan fingerprint density at radius 1 is 1.20 bits per heavy atom. The number of alkyl halides is 3. The molecule has 3 aromatic heterocycles. The molecule has 1 fully saturated rings. The van der Waals surface area contributed by atoms with Gasteiger partial charge in [0.25, 0.3) is 11.6 Å². The standard InChI is InChI=1S/C21H22F3N3O3/c1-10-7-15(12(3)29-10)17-9-16(18-11(2)27-30-20(18)26-17)19(28)25-14-6-4-5-13(8-14)21(22,23)24/h7,9,13-14H,4-6,8H2,1-3H3,(H,25,28). The molecule has 2 atom stereocenters. The number of halogens is 3. The van der Waals surface area contributed by atoms with Crippen molar-refractivity contribution in [3.05, 3.63) is 34.9 Å². The molecule has 0 aliphatic heterocycles. The third-order valence-corrected chi connectivity index (χ3v) is 5.65. The van der Waals surface area contributed by atoms with Crippen molar-refractivity contribution in [2.45, 2.75) is 58.7 Å². The fraction of sp³-hybridized carbons (Fsp3) is 0.476. The zero-order chi connectivity index (χ0) is 21.6. The van der Waals surface area contributed by atoms with Crippen molar-refractivity contribution in [3.63, 3.8) is 0 Å². The summed E-state index contributed by atoms with van der Waals surface area (Å²) in [5.41, 5.74) is 2.17. The molecule has 0 spiro atoms. The van der Waals surface area contributed by atoms with Crippen LogP contribution in [-0.2, 0) is 0 Å². The summed E-state index contributed by atoms with van der Waals surface area (Å²) in [7, 11) is 0. The van der Waals surface area contributed by atoms with Crippen molar-refractivity contribution in [1.29, 1.82) is 0 Å². The fourth-order valence-corrected chi connectivity index (χ4v) is 4.18. The number of amides is 1. The summed E-state index contributed by atoms with van der Waals surface area (Å²) in [5, 5.41) is 7.14. The fourth-order valence-electron chi connectivity index (χ4n) is 4.18. The van der Waals surface area contributed by atoms with Gasteiger partial charge in [0.05, 0.1) is 28.3 Å². The van der Waals surface area contributed by atoms with Crippen LogP contribution in [0.1, 0.15) is 53.3 Å². The minimum atomic E-state index is -4.25. The summed E-state index contributed by atoms with van der Waals surface area (Å²) in [5.74, 6) is -0.508. The maximum atomic E-state index is 13.1. The van der Waals surface area contributed by atoms with Crippen LogP contribution in [0.5, 0.6) is 0 Å². The van der Waals surface area contributed by atoms with Crippen LogP contribution < -0.4 is 5.32 Å². The smallest absolute Gasteiger partial charge is 0.391 e. The molecule has 1 aliphatic carbocycles. The van der Waals surface area contributed by atoms with Gasteiger partial charge < -0.3 is 14.3 Å². The predicted molar refractivity (Wildman–Crippen MR) is 103 cm³/mol. The van der Waals surface area contributed by atoms with Crippen LogP contribution in [-0.4, -0.2) is 28.3 Å². The molecule has 3 aromatic rings. The van der Waals surface area contributed by atoms with Crippen LogP contribution >= 0.6 is 0 Å². The van der Waals surface area contributed by atoms with Crippen molar-refractivity contribution in [2.24, 2.45) is 5.92 Å². The molecule has 3 heterocycles. The van der Waals surface area contributed by atoms with E-state index in [9.17, 15) is 18.0 Å². The third-order valence-electron chi connectivity index (χ3n) is 5.65. The van der Waals surface area contributed by atoms with E-state index >= 15 is 0 Å². The number of rotatable bonds is 3. The number of aromatic nitrogens is 2. The molecule has 0 radical (unpaired) electrons. The second-order valence-electron chi connectivity index (χ2n) is 7.91. The quantitative estimate of drug-likeness (QED) is 0.624. The molecule has 9 heteroatoms. The average Bonchev–Trinajstić information content (AvgIpc) is 3.22. The summed E-state index contributed by atoms with van der Waals surface area (Å²) >= 11 is 0. The lowest BCUT2D eigenvalue weighted by Crippen LogP contribution is -2.41. The van der Waals surface area contributed by atoms with Crippen LogP contribution in [0.4, 0.5) is 13.2 Å². The number of pyridine rings is 1. The van der Waals surface area contributed by atoms with Crippen LogP contribution in [0, 0.1) is 26.7 Å². The van der Waals surface area contributed by atoms with E-state index in [4.69, 9.17) is 8.94 Å². The maximum absolute atomic E-state index is 13.1. The zero-order valence-corrected chi connectivity index (χ0v) is 16.9. The van der Waals surface area contributed by atoms with E-state index in [-0.39, 0.29) is 24.1 Å². The van der Waals surface area contributed by atoms with Gasteiger partial charge in [0.1, 0.15) is 11.5 Å². The highest BCUT2D eigenvalue weighted by Crippen LogP contribution is 2.38. The van der Waals surface area contributed by atoms with E-state index in [0.717, 1.165) is 0 Å². The Bertz CT molecular complexity index is 1100. The molecule has 30 heavy (non-hydrogen) atoms. The topological polar surface area (TPSA) is 81.2 Å². The van der Waals surface area contributed by atoms with Gasteiger partial charge in [0, 0.05) is 11.6 Å². The molecule has 1 N–H and O–H groups in total. The van der Waals surface area contributed by atoms with E-state index in [1.165, 1.54) is 0 Å². The number of fused-ring (bicyclic) bond motifs is 1. The molecule has 1 amide bonds. The molecule has 0 bridgehead atoms. The predicted octanol–water partition coefficient (Wildman–Crippen LogP) is 5.26. The van der Waals surface area contributed by atoms with E-state index in [0.29, 0.717) is 46.7 Å². The lowest BCUT2D eigenvalue weighted by Gasteiger charge is -2.31. The van der Waals surface area contributed by atoms with E-state index in [1.54, 1.807) is 26.8 Å². The minimum Gasteiger partial charge on any atom is -0.466 e. The minimum absolute atomic E-state index is 0.101. The normalized spacial score (nSPS) is 19.9. The van der Waals surface area contributed by atoms with Crippen molar-refractivity contribution in [2.75, 3.05) is 0 Å². The number of hydrogen-bond acceptors (Lipinski definition) is 5. The first-order valence-corrected chi connectivity index (χ1v) is 9.85. The maximum Gasteiger partial charge on any atom is 0.391 e. The highest BCUT2D eigenvalue weighted by Gasteiger charge is 2.42. The van der Waals surface area contributed by atoms with E-state index in [2.05, 4.69) is 15.5 Å². The Kier molecular flexibility index (Phi) is 5.07. The molecule has 6 nitrogen and oxygen atoms in total. The second-order valence-corrected chi connectivity index (χ2v) is 7.91. The van der Waals surface area contributed by atoms with Crippen LogP contribution in [0.15, 0.2) is 21.1 Å². The Labute approximate surface area is 170 Å². The molecule has 1 saturated carbocycles. The van der Waals surface area contributed by atoms with Gasteiger partial charge in [0.15, 0.2) is 0 Å². The highest BCUT2D eigenvalue weighted by molar-refractivity contribution is 6.07. The number of furan rings is 1. The molecule has 0 saturated heterocycles. The summed E-state index contributed by atoms with van der Waals surface area (Å²) in [6.45, 7) is 5.29. The van der Waals surface area contributed by atoms with Crippen LogP contribution in [0.2, 0.25) is 0 Å². The molecular weight excluding hydrogens is 399 g/mol. The Balaban J connectivity index is 1.68. The number of carbonyl (C=O) groups excluding carboxylic acids is 1. The summed E-state index contributed by atoms with van der Waals surface area (Å²) in [4.78, 5) is 17.6. The number of nitrogens with zero attached hydrogens (tertiary/aromatic N) is 2. The molecule has 1 aliphatic rings. The van der Waals surface area contributed by atoms with Gasteiger partial charge >= 0.3 is 6.18 Å². The van der Waals surface area contributed by atoms with Crippen molar-refractivity contribution >= 4 is 17.0 Å². The SMILES string of the molecule is Cc1cc(-c2cc(C(=O)NC3CCCC(C(F)(F)F)C3)c3c(C)noc3n2)c(C)o1. The number of hydrogen-bond donors (Lipinski definition) is 1. The lowest BCUT2D eigenvalue weighted by atomic mass is 9.85. The molecule has 160 valence electrons. The molecule has 4 rings (SSSR count). The van der Waals surface area contributed by atoms with Gasteiger partial charge in [-0.1, -0.05) is 11.6 Å². The van der Waals surface area contributed by atoms with Gasteiger partial charge in [-0.25, -0.2) is 4.98 Å². The molecule has 0 aromatic carbocycles. The number of carbonyl (C=O) groups is 1. The molecular formula is C21H22F3N3O3. The first-order chi connectivity index (χ1) is 14.1. The van der Waals surface area contributed by atoms with Gasteiger partial charge in [-0.3, -0.25) is 4.79 Å². The van der Waals surface area contributed by atoms with E-state index in [1.807, 2.05) is 6.07 Å². The largest absolute Gasteiger partial charge is 0.466 e. The first kappa shape index (κ1) is 20.4. The van der Waals surface area contributed by atoms with Gasteiger partial charge in [-0.15, -0.1) is 0 Å². The summed E-state index contributed by atoms with van der Waals surface area (Å²) in [6, 6.07) is 2.88. The lowest BCUT2D eigenvalue weighted by molar-refractivity contribution is -0.183. The monoisotopic (exact) mass is 421 g/mol. The van der Waals surface area contributed by atoms with E-state index < -0.39 is 24.0 Å². The van der Waals surface area contributed by atoms with Gasteiger partial charge in [-0.2, -0.15) is 13.2 Å². The van der Waals surface area contributed by atoms with Crippen molar-refractivity contribution in [3.8, 4) is 11.3 Å². The summed E-state index contributed by atoms with van der Waals surface area (Å²) in [6.07, 6.45) is -3.32.